The Labute approximate surface area is 122 Å². The number of nitrogens with one attached hydrogen (secondary N) is 1. The molecular weight excluding hydrogens is 339 g/mol. The highest BCUT2D eigenvalue weighted by atomic mass is 79.9. The van der Waals surface area contributed by atoms with Gasteiger partial charge in [-0.3, -0.25) is 0 Å². The van der Waals surface area contributed by atoms with E-state index in [-0.39, 0.29) is 16.6 Å². The number of nitrogens with zero attached hydrogens (tertiary/aromatic N) is 2. The van der Waals surface area contributed by atoms with Crippen LogP contribution >= 0.6 is 27.5 Å². The molecule has 2 aromatic rings. The van der Waals surface area contributed by atoms with Crippen LogP contribution in [0.25, 0.3) is 0 Å². The highest BCUT2D eigenvalue weighted by Crippen LogP contribution is 2.36. The van der Waals surface area contributed by atoms with Crippen LogP contribution in [0.2, 0.25) is 5.02 Å². The SMILES string of the molecule is COc1c(N)ncnc1Nc1c(Cl)cc(F)cc1Br. The predicted octanol–water partition coefficient (Wildman–Crippen LogP) is 3.37. The van der Waals surface area contributed by atoms with Crippen LogP contribution in [0, 0.1) is 5.82 Å². The molecule has 0 unspecified atom stereocenters. The van der Waals surface area contributed by atoms with E-state index in [4.69, 9.17) is 22.1 Å². The van der Waals surface area contributed by atoms with Gasteiger partial charge in [0.2, 0.25) is 5.75 Å². The van der Waals surface area contributed by atoms with Crippen molar-refractivity contribution in [2.75, 3.05) is 18.2 Å². The molecule has 1 aromatic carbocycles. The summed E-state index contributed by atoms with van der Waals surface area (Å²) in [6, 6.07) is 2.47. The van der Waals surface area contributed by atoms with Crippen molar-refractivity contribution in [1.29, 1.82) is 0 Å². The molecule has 0 saturated carbocycles. The first-order chi connectivity index (χ1) is 9.02. The van der Waals surface area contributed by atoms with Gasteiger partial charge in [0.15, 0.2) is 11.6 Å². The summed E-state index contributed by atoms with van der Waals surface area (Å²) in [4.78, 5) is 7.82. The molecule has 0 bridgehead atoms. The fourth-order valence-corrected chi connectivity index (χ4v) is 2.36. The standard InChI is InChI=1S/C11H9BrClFN4O/c1-19-9-10(15)16-4-17-11(9)18-8-6(12)2-5(14)3-7(8)13/h2-4H,1H3,(H3,15,16,17,18). The first-order valence-corrected chi connectivity index (χ1v) is 6.26. The number of nitrogen functional groups attached to an aromatic ring is 1. The van der Waals surface area contributed by atoms with Crippen LogP contribution in [0.3, 0.4) is 0 Å². The van der Waals surface area contributed by atoms with Crippen LogP contribution < -0.4 is 15.8 Å². The number of halogens is 3. The second kappa shape index (κ2) is 5.58. The van der Waals surface area contributed by atoms with Gasteiger partial charge in [-0.05, 0) is 28.1 Å². The lowest BCUT2D eigenvalue weighted by molar-refractivity contribution is 0.415. The maximum atomic E-state index is 13.1. The zero-order valence-electron chi connectivity index (χ0n) is 9.75. The first-order valence-electron chi connectivity index (χ1n) is 5.09. The van der Waals surface area contributed by atoms with Crippen LogP contribution in [0.5, 0.6) is 5.75 Å². The second-order valence-corrected chi connectivity index (χ2v) is 4.77. The molecule has 2 rings (SSSR count). The summed E-state index contributed by atoms with van der Waals surface area (Å²) in [5.74, 6) is 0.366. The van der Waals surface area contributed by atoms with Crippen molar-refractivity contribution in [2.45, 2.75) is 0 Å². The summed E-state index contributed by atoms with van der Waals surface area (Å²) >= 11 is 9.19. The summed E-state index contributed by atoms with van der Waals surface area (Å²) < 4.78 is 18.7. The van der Waals surface area contributed by atoms with E-state index in [9.17, 15) is 4.39 Å². The number of anilines is 3. The monoisotopic (exact) mass is 346 g/mol. The van der Waals surface area contributed by atoms with Gasteiger partial charge in [0.1, 0.15) is 12.1 Å². The van der Waals surface area contributed by atoms with E-state index in [1.54, 1.807) is 0 Å². The van der Waals surface area contributed by atoms with Crippen LogP contribution in [0.4, 0.5) is 21.7 Å². The van der Waals surface area contributed by atoms with Crippen molar-refractivity contribution in [3.8, 4) is 5.75 Å². The molecule has 3 N–H and O–H groups in total. The molecule has 100 valence electrons. The van der Waals surface area contributed by atoms with E-state index in [0.717, 1.165) is 0 Å². The number of ether oxygens (including phenoxy) is 1. The van der Waals surface area contributed by atoms with Crippen LogP contribution in [-0.2, 0) is 0 Å². The average molecular weight is 348 g/mol. The average Bonchev–Trinajstić information content (AvgIpc) is 2.34. The minimum absolute atomic E-state index is 0.189. The van der Waals surface area contributed by atoms with Gasteiger partial charge in [0.05, 0.1) is 17.8 Å². The lowest BCUT2D eigenvalue weighted by atomic mass is 10.3. The van der Waals surface area contributed by atoms with Gasteiger partial charge >= 0.3 is 0 Å². The second-order valence-electron chi connectivity index (χ2n) is 3.51. The Kier molecular flexibility index (Phi) is 4.06. The topological polar surface area (TPSA) is 73.1 Å². The number of aromatic nitrogens is 2. The number of benzene rings is 1. The summed E-state index contributed by atoms with van der Waals surface area (Å²) in [6.45, 7) is 0. The van der Waals surface area contributed by atoms with Crippen molar-refractivity contribution in [3.05, 3.63) is 33.8 Å². The molecule has 0 aliphatic heterocycles. The van der Waals surface area contributed by atoms with Gasteiger partial charge in [-0.2, -0.15) is 0 Å². The Morgan fingerprint density at radius 1 is 1.42 bits per heavy atom. The number of nitrogens with two attached hydrogens (primary N) is 1. The maximum Gasteiger partial charge on any atom is 0.204 e. The Balaban J connectivity index is 2.45. The molecule has 1 heterocycles. The highest BCUT2D eigenvalue weighted by molar-refractivity contribution is 9.10. The molecule has 0 aliphatic carbocycles. The van der Waals surface area contributed by atoms with E-state index >= 15 is 0 Å². The van der Waals surface area contributed by atoms with Gasteiger partial charge in [-0.1, -0.05) is 11.6 Å². The van der Waals surface area contributed by atoms with Crippen molar-refractivity contribution >= 4 is 44.9 Å². The highest BCUT2D eigenvalue weighted by Gasteiger charge is 2.14. The van der Waals surface area contributed by atoms with Gasteiger partial charge in [0.25, 0.3) is 0 Å². The Bertz CT molecular complexity index is 603. The fraction of sp³-hybridized carbons (Fsp3) is 0.0909. The van der Waals surface area contributed by atoms with Crippen molar-refractivity contribution in [2.24, 2.45) is 0 Å². The largest absolute Gasteiger partial charge is 0.490 e. The van der Waals surface area contributed by atoms with E-state index in [1.807, 2.05) is 0 Å². The van der Waals surface area contributed by atoms with Crippen molar-refractivity contribution < 1.29 is 9.13 Å². The summed E-state index contributed by atoms with van der Waals surface area (Å²) in [6.07, 6.45) is 1.28. The third-order valence-electron chi connectivity index (χ3n) is 2.29. The van der Waals surface area contributed by atoms with E-state index < -0.39 is 5.82 Å². The number of methoxy groups -OCH3 is 1. The van der Waals surface area contributed by atoms with E-state index in [0.29, 0.717) is 16.0 Å². The van der Waals surface area contributed by atoms with E-state index in [2.05, 4.69) is 31.2 Å². The fourth-order valence-electron chi connectivity index (χ4n) is 1.46. The van der Waals surface area contributed by atoms with Crippen LogP contribution in [0.15, 0.2) is 22.9 Å². The number of hydrogen-bond acceptors (Lipinski definition) is 5. The molecule has 19 heavy (non-hydrogen) atoms. The number of hydrogen-bond donors (Lipinski definition) is 2. The zero-order chi connectivity index (χ0) is 14.0. The van der Waals surface area contributed by atoms with Crippen molar-refractivity contribution in [3.63, 3.8) is 0 Å². The summed E-state index contributed by atoms with van der Waals surface area (Å²) in [5, 5.41) is 3.13. The lowest BCUT2D eigenvalue weighted by Crippen LogP contribution is -2.03. The molecule has 5 nitrogen and oxygen atoms in total. The predicted molar refractivity (Wildman–Crippen MR) is 75.4 cm³/mol. The maximum absolute atomic E-state index is 13.1. The number of rotatable bonds is 3. The van der Waals surface area contributed by atoms with Crippen molar-refractivity contribution in [1.82, 2.24) is 9.97 Å². The van der Waals surface area contributed by atoms with Gasteiger partial charge in [0, 0.05) is 4.47 Å². The van der Waals surface area contributed by atoms with Crippen LogP contribution in [-0.4, -0.2) is 17.1 Å². The van der Waals surface area contributed by atoms with Gasteiger partial charge in [-0.15, -0.1) is 0 Å². The third-order valence-corrected chi connectivity index (χ3v) is 3.21. The third kappa shape index (κ3) is 2.87. The molecule has 0 aliphatic rings. The molecule has 0 spiro atoms. The van der Waals surface area contributed by atoms with Crippen LogP contribution in [0.1, 0.15) is 0 Å². The first kappa shape index (κ1) is 13.8. The smallest absolute Gasteiger partial charge is 0.204 e. The summed E-state index contributed by atoms with van der Waals surface area (Å²) in [7, 11) is 1.45. The Hall–Kier alpha value is -1.60. The molecule has 0 saturated heterocycles. The molecule has 0 atom stereocenters. The normalized spacial score (nSPS) is 10.3. The molecular formula is C11H9BrClFN4O. The molecule has 8 heteroatoms. The molecule has 0 fully saturated rings. The van der Waals surface area contributed by atoms with Gasteiger partial charge in [-0.25, -0.2) is 14.4 Å². The Morgan fingerprint density at radius 2 is 2.16 bits per heavy atom. The zero-order valence-corrected chi connectivity index (χ0v) is 12.1. The molecule has 0 radical (unpaired) electrons. The minimum atomic E-state index is -0.448. The quantitative estimate of drug-likeness (QED) is 0.890. The van der Waals surface area contributed by atoms with E-state index in [1.165, 1.54) is 25.6 Å². The summed E-state index contributed by atoms with van der Waals surface area (Å²) in [5.41, 5.74) is 6.12. The molecule has 1 aromatic heterocycles. The lowest BCUT2D eigenvalue weighted by Gasteiger charge is -2.13. The Morgan fingerprint density at radius 3 is 2.79 bits per heavy atom. The van der Waals surface area contributed by atoms with Gasteiger partial charge < -0.3 is 15.8 Å². The molecule has 0 amide bonds. The minimum Gasteiger partial charge on any atom is -0.490 e.